The summed E-state index contributed by atoms with van der Waals surface area (Å²) in [4.78, 5) is 34.0. The molecular weight excluding hydrogens is 430 g/mol. The van der Waals surface area contributed by atoms with Crippen LogP contribution in [0, 0.1) is 0 Å². The van der Waals surface area contributed by atoms with Crippen LogP contribution in [0.5, 0.6) is 11.5 Å². The van der Waals surface area contributed by atoms with E-state index in [0.717, 1.165) is 42.3 Å². The minimum absolute atomic E-state index is 0.0430. The lowest BCUT2D eigenvalue weighted by Gasteiger charge is -2.34. The van der Waals surface area contributed by atoms with E-state index in [1.807, 2.05) is 28.5 Å². The molecule has 0 saturated carbocycles. The Bertz CT molecular complexity index is 1170. The third-order valence-corrected chi connectivity index (χ3v) is 6.45. The predicted octanol–water partition coefficient (Wildman–Crippen LogP) is 1.60. The molecule has 3 aromatic rings. The van der Waals surface area contributed by atoms with Gasteiger partial charge < -0.3 is 19.7 Å². The molecule has 1 aromatic carbocycles. The third kappa shape index (κ3) is 4.56. The monoisotopic (exact) mass is 455 g/mol. The average molecular weight is 456 g/mol. The quantitative estimate of drug-likeness (QED) is 0.629. The second-order valence-corrected chi connectivity index (χ2v) is 8.74. The van der Waals surface area contributed by atoms with Gasteiger partial charge in [0, 0.05) is 56.9 Å². The number of urea groups is 1. The summed E-state index contributed by atoms with van der Waals surface area (Å²) in [6, 6.07) is 7.46. The summed E-state index contributed by atoms with van der Waals surface area (Å²) in [5.41, 5.74) is 1.82. The van der Waals surface area contributed by atoms with Crippen LogP contribution in [0.15, 0.2) is 40.6 Å². The summed E-state index contributed by atoms with van der Waals surface area (Å²) >= 11 is 1.45. The molecule has 32 heavy (non-hydrogen) atoms. The van der Waals surface area contributed by atoms with Crippen molar-refractivity contribution in [1.82, 2.24) is 24.5 Å². The van der Waals surface area contributed by atoms with Gasteiger partial charge in [-0.1, -0.05) is 6.07 Å². The highest BCUT2D eigenvalue weighted by molar-refractivity contribution is 7.15. The molecule has 0 unspecified atom stereocenters. The minimum atomic E-state index is -0.0534. The summed E-state index contributed by atoms with van der Waals surface area (Å²) in [5.74, 6) is 1.55. The Kier molecular flexibility index (Phi) is 5.95. The van der Waals surface area contributed by atoms with Crippen molar-refractivity contribution in [2.75, 3.05) is 45.9 Å². The summed E-state index contributed by atoms with van der Waals surface area (Å²) in [5, 5.41) is 4.87. The van der Waals surface area contributed by atoms with Gasteiger partial charge in [-0.3, -0.25) is 14.1 Å². The molecule has 10 heteroatoms. The van der Waals surface area contributed by atoms with E-state index in [1.54, 1.807) is 16.7 Å². The average Bonchev–Trinajstić information content (AvgIpc) is 3.29. The molecule has 5 rings (SSSR count). The first-order valence-corrected chi connectivity index (χ1v) is 11.6. The molecule has 2 aliphatic rings. The number of aromatic nitrogens is 2. The number of ether oxygens (including phenoxy) is 2. The van der Waals surface area contributed by atoms with Gasteiger partial charge in [-0.15, -0.1) is 11.3 Å². The van der Waals surface area contributed by atoms with Gasteiger partial charge in [0.1, 0.15) is 13.2 Å². The molecule has 0 radical (unpaired) electrons. The number of nitrogens with one attached hydrogen (secondary N) is 1. The van der Waals surface area contributed by atoms with Gasteiger partial charge in [0.15, 0.2) is 16.5 Å². The molecule has 1 fully saturated rings. The lowest BCUT2D eigenvalue weighted by Crippen LogP contribution is -2.51. The Morgan fingerprint density at radius 1 is 1.09 bits per heavy atom. The van der Waals surface area contributed by atoms with Crippen LogP contribution < -0.4 is 20.3 Å². The van der Waals surface area contributed by atoms with Crippen LogP contribution >= 0.6 is 11.3 Å². The largest absolute Gasteiger partial charge is 0.486 e. The number of hydrogen-bond donors (Lipinski definition) is 1. The second kappa shape index (κ2) is 9.17. The maximum absolute atomic E-state index is 12.5. The first-order chi connectivity index (χ1) is 15.7. The predicted molar refractivity (Wildman–Crippen MR) is 121 cm³/mol. The summed E-state index contributed by atoms with van der Waals surface area (Å²) in [6.45, 7) is 5.12. The summed E-state index contributed by atoms with van der Waals surface area (Å²) in [7, 11) is 0. The van der Waals surface area contributed by atoms with Crippen LogP contribution in [0.2, 0.25) is 0 Å². The fourth-order valence-electron chi connectivity index (χ4n) is 3.98. The van der Waals surface area contributed by atoms with Crippen LogP contribution in [0.25, 0.3) is 4.96 Å². The fourth-order valence-corrected chi connectivity index (χ4v) is 4.71. The first kappa shape index (κ1) is 20.8. The molecule has 1 N–H and O–H groups in total. The van der Waals surface area contributed by atoms with E-state index in [4.69, 9.17) is 9.47 Å². The molecule has 0 atom stereocenters. The van der Waals surface area contributed by atoms with Crippen molar-refractivity contribution in [3.05, 3.63) is 57.5 Å². The SMILES string of the molecule is O=C(NCCc1ccc2c(c1)OCCO2)N1CCN(Cc2cc(=O)n3ccsc3n2)CC1. The fraction of sp³-hybridized carbons (Fsp3) is 0.409. The van der Waals surface area contributed by atoms with Crippen molar-refractivity contribution in [3.8, 4) is 11.5 Å². The maximum Gasteiger partial charge on any atom is 0.317 e. The number of benzene rings is 1. The van der Waals surface area contributed by atoms with Gasteiger partial charge in [0.05, 0.1) is 5.69 Å². The zero-order chi connectivity index (χ0) is 21.9. The normalized spacial score (nSPS) is 16.3. The maximum atomic E-state index is 12.5. The summed E-state index contributed by atoms with van der Waals surface area (Å²) in [6.07, 6.45) is 2.47. The molecule has 2 aromatic heterocycles. The van der Waals surface area contributed by atoms with Crippen molar-refractivity contribution < 1.29 is 14.3 Å². The molecular formula is C22H25N5O4S. The number of nitrogens with zero attached hydrogens (tertiary/aromatic N) is 4. The number of rotatable bonds is 5. The number of carbonyl (C=O) groups is 1. The summed E-state index contributed by atoms with van der Waals surface area (Å²) < 4.78 is 12.7. The molecule has 2 aliphatic heterocycles. The van der Waals surface area contributed by atoms with Crippen molar-refractivity contribution in [2.24, 2.45) is 0 Å². The van der Waals surface area contributed by atoms with Gasteiger partial charge in [-0.2, -0.15) is 0 Å². The first-order valence-electron chi connectivity index (χ1n) is 10.8. The van der Waals surface area contributed by atoms with Crippen LogP contribution in [0.1, 0.15) is 11.3 Å². The number of piperazine rings is 1. The Labute approximate surface area is 189 Å². The van der Waals surface area contributed by atoms with E-state index in [0.29, 0.717) is 44.4 Å². The standard InChI is InChI=1S/C22H25N5O4S/c28-20-14-17(24-22-27(20)9-12-32-22)15-25-5-7-26(8-6-25)21(29)23-4-3-16-1-2-18-19(13-16)31-11-10-30-18/h1-2,9,12-14H,3-8,10-11,15H2,(H,23,29). The van der Waals surface area contributed by atoms with Gasteiger partial charge in [0.2, 0.25) is 0 Å². The lowest BCUT2D eigenvalue weighted by atomic mass is 10.1. The van der Waals surface area contributed by atoms with E-state index < -0.39 is 0 Å². The Morgan fingerprint density at radius 2 is 1.91 bits per heavy atom. The highest BCUT2D eigenvalue weighted by Crippen LogP contribution is 2.30. The molecule has 0 spiro atoms. The number of amides is 2. The van der Waals surface area contributed by atoms with Crippen molar-refractivity contribution in [3.63, 3.8) is 0 Å². The molecule has 0 aliphatic carbocycles. The highest BCUT2D eigenvalue weighted by Gasteiger charge is 2.21. The molecule has 1 saturated heterocycles. The van der Waals surface area contributed by atoms with E-state index in [9.17, 15) is 9.59 Å². The van der Waals surface area contributed by atoms with Crippen molar-refractivity contribution >= 4 is 22.3 Å². The van der Waals surface area contributed by atoms with Gasteiger partial charge in [-0.05, 0) is 24.1 Å². The lowest BCUT2D eigenvalue weighted by molar-refractivity contribution is 0.134. The Balaban J connectivity index is 1.08. The number of fused-ring (bicyclic) bond motifs is 2. The van der Waals surface area contributed by atoms with Gasteiger partial charge >= 0.3 is 6.03 Å². The zero-order valence-corrected chi connectivity index (χ0v) is 18.5. The molecule has 9 nitrogen and oxygen atoms in total. The minimum Gasteiger partial charge on any atom is -0.486 e. The number of hydrogen-bond acceptors (Lipinski definition) is 7. The van der Waals surface area contributed by atoms with Crippen molar-refractivity contribution in [2.45, 2.75) is 13.0 Å². The van der Waals surface area contributed by atoms with Crippen LogP contribution in [0.4, 0.5) is 4.79 Å². The third-order valence-electron chi connectivity index (χ3n) is 5.70. The highest BCUT2D eigenvalue weighted by atomic mass is 32.1. The molecule has 0 bridgehead atoms. The molecule has 2 amide bonds. The second-order valence-electron chi connectivity index (χ2n) is 7.86. The number of thiazole rings is 1. The number of carbonyl (C=O) groups excluding carboxylic acids is 1. The van der Waals surface area contributed by atoms with Crippen LogP contribution in [0.3, 0.4) is 0 Å². The van der Waals surface area contributed by atoms with Gasteiger partial charge in [0.25, 0.3) is 5.56 Å². The molecule has 4 heterocycles. The van der Waals surface area contributed by atoms with E-state index >= 15 is 0 Å². The van der Waals surface area contributed by atoms with E-state index in [2.05, 4.69) is 15.2 Å². The van der Waals surface area contributed by atoms with Crippen molar-refractivity contribution in [1.29, 1.82) is 0 Å². The smallest absolute Gasteiger partial charge is 0.317 e. The van der Waals surface area contributed by atoms with E-state index in [-0.39, 0.29) is 11.6 Å². The van der Waals surface area contributed by atoms with Crippen LogP contribution in [-0.4, -0.2) is 71.2 Å². The Hall–Kier alpha value is -3.11. The van der Waals surface area contributed by atoms with Gasteiger partial charge in [-0.25, -0.2) is 9.78 Å². The van der Waals surface area contributed by atoms with Crippen LogP contribution in [-0.2, 0) is 13.0 Å². The molecule has 168 valence electrons. The Morgan fingerprint density at radius 3 is 2.75 bits per heavy atom. The zero-order valence-electron chi connectivity index (χ0n) is 17.7. The topological polar surface area (TPSA) is 88.4 Å². The van der Waals surface area contributed by atoms with E-state index in [1.165, 1.54) is 11.3 Å².